The van der Waals surface area contributed by atoms with E-state index in [1.807, 2.05) is 73.7 Å². The summed E-state index contributed by atoms with van der Waals surface area (Å²) >= 11 is 0. The molecule has 1 aliphatic rings. The lowest BCUT2D eigenvalue weighted by Crippen LogP contribution is -2.48. The van der Waals surface area contributed by atoms with Crippen LogP contribution in [-0.4, -0.2) is 57.1 Å². The van der Waals surface area contributed by atoms with E-state index < -0.39 is 26.2 Å². The minimum atomic E-state index is -3.43. The summed E-state index contributed by atoms with van der Waals surface area (Å²) in [5.74, 6) is 0.0567. The number of ether oxygens (including phenoxy) is 2. The van der Waals surface area contributed by atoms with E-state index in [4.69, 9.17) is 9.47 Å². The predicted molar refractivity (Wildman–Crippen MR) is 160 cm³/mol. The molecular formula is C32H39FN2O5Si. The highest BCUT2D eigenvalue weighted by Gasteiger charge is 2.48. The van der Waals surface area contributed by atoms with Crippen LogP contribution in [0.2, 0.25) is 18.6 Å². The Morgan fingerprint density at radius 1 is 1.07 bits per heavy atom. The molecule has 4 rings (SSSR count). The molecule has 0 spiro atoms. The second-order valence-corrected chi connectivity index (χ2v) is 14.9. The smallest absolute Gasteiger partial charge is 0.248 e. The van der Waals surface area contributed by atoms with Crippen molar-refractivity contribution in [3.63, 3.8) is 0 Å². The van der Waals surface area contributed by atoms with Crippen molar-refractivity contribution in [2.24, 2.45) is 5.92 Å². The molecule has 3 aromatic rings. The molecule has 0 bridgehead atoms. The van der Waals surface area contributed by atoms with Gasteiger partial charge in [-0.3, -0.25) is 14.5 Å². The van der Waals surface area contributed by atoms with Gasteiger partial charge in [-0.15, -0.1) is 0 Å². The van der Waals surface area contributed by atoms with E-state index in [-0.39, 0.29) is 31.4 Å². The van der Waals surface area contributed by atoms with Gasteiger partial charge in [0.15, 0.2) is 0 Å². The van der Waals surface area contributed by atoms with Crippen molar-refractivity contribution in [2.45, 2.75) is 50.7 Å². The number of carbonyl (C=O) groups excluding carboxylic acids is 2. The average Bonchev–Trinajstić information content (AvgIpc) is 2.96. The molecular weight excluding hydrogens is 539 g/mol. The first-order chi connectivity index (χ1) is 19.7. The number of anilines is 2. The van der Waals surface area contributed by atoms with E-state index in [2.05, 4.69) is 0 Å². The average molecular weight is 579 g/mol. The monoisotopic (exact) mass is 578 g/mol. The number of benzene rings is 3. The first-order valence-corrected chi connectivity index (χ1v) is 16.9. The Labute approximate surface area is 242 Å². The number of halogens is 1. The third-order valence-electron chi connectivity index (χ3n) is 7.84. The third kappa shape index (κ3) is 7.04. The number of para-hydroxylation sites is 1. The van der Waals surface area contributed by atoms with Crippen molar-refractivity contribution >= 4 is 32.1 Å². The summed E-state index contributed by atoms with van der Waals surface area (Å²) in [4.78, 5) is 28.7. The zero-order valence-corrected chi connectivity index (χ0v) is 25.1. The molecule has 4 atom stereocenters. The molecule has 0 saturated heterocycles. The van der Waals surface area contributed by atoms with E-state index in [0.717, 1.165) is 23.2 Å². The van der Waals surface area contributed by atoms with Gasteiger partial charge in [0, 0.05) is 55.0 Å². The molecule has 0 aliphatic carbocycles. The van der Waals surface area contributed by atoms with Crippen LogP contribution in [0, 0.1) is 5.92 Å². The molecule has 1 heterocycles. The molecule has 0 radical (unpaired) electrons. The zero-order chi connectivity index (χ0) is 29.6. The van der Waals surface area contributed by atoms with Gasteiger partial charge in [-0.2, -0.15) is 0 Å². The van der Waals surface area contributed by atoms with Crippen LogP contribution in [0.25, 0.3) is 0 Å². The Hall–Kier alpha value is -3.53. The Balaban J connectivity index is 1.62. The lowest BCUT2D eigenvalue weighted by molar-refractivity contribution is -0.133. The minimum absolute atomic E-state index is 0.0334. The molecule has 3 aromatic carbocycles. The first-order valence-electron chi connectivity index (χ1n) is 13.9. The Morgan fingerprint density at radius 3 is 2.32 bits per heavy atom. The molecule has 0 fully saturated rings. The van der Waals surface area contributed by atoms with Gasteiger partial charge in [0.25, 0.3) is 0 Å². The maximum atomic E-state index is 16.0. The first kappa shape index (κ1) is 30.4. The van der Waals surface area contributed by atoms with Crippen LogP contribution in [0.15, 0.2) is 78.9 Å². The largest absolute Gasteiger partial charge is 0.490 e. The number of hydrogen-bond donors (Lipinski definition) is 1. The van der Waals surface area contributed by atoms with Crippen molar-refractivity contribution < 1.29 is 28.3 Å². The second-order valence-electron chi connectivity index (χ2n) is 11.0. The maximum Gasteiger partial charge on any atom is 0.248 e. The molecule has 41 heavy (non-hydrogen) atoms. The highest BCUT2D eigenvalue weighted by molar-refractivity contribution is 6.72. The number of amides is 2. The van der Waals surface area contributed by atoms with Gasteiger partial charge < -0.3 is 23.6 Å². The van der Waals surface area contributed by atoms with Crippen molar-refractivity contribution in [1.29, 1.82) is 0 Å². The number of fused-ring (bicyclic) bond motifs is 1. The quantitative estimate of drug-likeness (QED) is 0.162. The molecule has 9 heteroatoms. The SMILES string of the molecule is CO[C@H]1c2cc(N(C=O)c3ccccc3)ccc2O[C@@H](C(CC(=O)N(CCO)Cc2ccccc2)[Si](C)(C)F)[C@@H]1C. The summed E-state index contributed by atoms with van der Waals surface area (Å²) in [5.41, 5.74) is 2.45. The Kier molecular flexibility index (Phi) is 9.96. The Morgan fingerprint density at radius 2 is 1.73 bits per heavy atom. The molecule has 2 amide bonds. The van der Waals surface area contributed by atoms with Gasteiger partial charge in [-0.25, -0.2) is 0 Å². The topological polar surface area (TPSA) is 79.3 Å². The lowest BCUT2D eigenvalue weighted by Gasteiger charge is -2.43. The van der Waals surface area contributed by atoms with Gasteiger partial charge >= 0.3 is 0 Å². The molecule has 1 aliphatic heterocycles. The molecule has 0 aromatic heterocycles. The molecule has 1 unspecified atom stereocenters. The second kappa shape index (κ2) is 13.4. The Bertz CT molecular complexity index is 1300. The summed E-state index contributed by atoms with van der Waals surface area (Å²) in [6.07, 6.45) is -0.298. The number of aliphatic hydroxyl groups is 1. The number of methoxy groups -OCH3 is 1. The van der Waals surface area contributed by atoms with Gasteiger partial charge in [-0.05, 0) is 49.0 Å². The van der Waals surface area contributed by atoms with Crippen LogP contribution in [0.3, 0.4) is 0 Å². The number of carbonyl (C=O) groups is 2. The third-order valence-corrected chi connectivity index (χ3v) is 10.1. The van der Waals surface area contributed by atoms with Crippen LogP contribution in [0.1, 0.15) is 30.6 Å². The lowest BCUT2D eigenvalue weighted by atomic mass is 9.86. The fourth-order valence-corrected chi connectivity index (χ4v) is 7.47. The van der Waals surface area contributed by atoms with Crippen molar-refractivity contribution in [1.82, 2.24) is 4.90 Å². The summed E-state index contributed by atoms with van der Waals surface area (Å²) in [6.45, 7) is 5.49. The van der Waals surface area contributed by atoms with Gasteiger partial charge in [0.2, 0.25) is 20.7 Å². The molecule has 0 saturated carbocycles. The standard InChI is InChI=1S/C32H39FN2O5Si/c1-23-31(39-2)27-19-26(35(22-37)25-13-9-6-10-14-25)15-16-28(27)40-32(23)29(41(3,4)33)20-30(38)34(17-18-36)21-24-11-7-5-8-12-24/h5-16,19,22-23,29,31-32,36H,17-18,20-21H2,1-4H3/t23-,29?,31-,32-/m1/s1. The molecule has 218 valence electrons. The van der Waals surface area contributed by atoms with Crippen LogP contribution in [-0.2, 0) is 20.9 Å². The van der Waals surface area contributed by atoms with E-state index in [1.165, 1.54) is 0 Å². The molecule has 1 N–H and O–H groups in total. The van der Waals surface area contributed by atoms with Gasteiger partial charge in [0.1, 0.15) is 11.9 Å². The van der Waals surface area contributed by atoms with Crippen LogP contribution in [0.5, 0.6) is 5.75 Å². The fraction of sp³-hybridized carbons (Fsp3) is 0.375. The van der Waals surface area contributed by atoms with Crippen LogP contribution in [0.4, 0.5) is 15.5 Å². The molecule has 7 nitrogen and oxygen atoms in total. The maximum absolute atomic E-state index is 16.0. The summed E-state index contributed by atoms with van der Waals surface area (Å²) < 4.78 is 28.4. The zero-order valence-electron chi connectivity index (χ0n) is 24.1. The van der Waals surface area contributed by atoms with E-state index in [9.17, 15) is 14.7 Å². The van der Waals surface area contributed by atoms with Gasteiger partial charge in [0.05, 0.1) is 12.7 Å². The van der Waals surface area contributed by atoms with Gasteiger partial charge in [-0.1, -0.05) is 55.5 Å². The van der Waals surface area contributed by atoms with Crippen LogP contribution < -0.4 is 9.64 Å². The predicted octanol–water partition coefficient (Wildman–Crippen LogP) is 6.02. The number of aliphatic hydroxyl groups excluding tert-OH is 1. The normalized spacial score (nSPS) is 19.0. The summed E-state index contributed by atoms with van der Waals surface area (Å²) in [5, 5.41) is 9.65. The number of hydrogen-bond acceptors (Lipinski definition) is 5. The van der Waals surface area contributed by atoms with E-state index in [1.54, 1.807) is 42.1 Å². The van der Waals surface area contributed by atoms with Crippen molar-refractivity contribution in [2.75, 3.05) is 25.2 Å². The fourth-order valence-electron chi connectivity index (χ4n) is 5.66. The highest BCUT2D eigenvalue weighted by Crippen LogP contribution is 2.48. The minimum Gasteiger partial charge on any atom is -0.490 e. The van der Waals surface area contributed by atoms with E-state index in [0.29, 0.717) is 18.0 Å². The summed E-state index contributed by atoms with van der Waals surface area (Å²) in [6, 6.07) is 24.3. The summed E-state index contributed by atoms with van der Waals surface area (Å²) in [7, 11) is -1.82. The highest BCUT2D eigenvalue weighted by atomic mass is 28.4. The van der Waals surface area contributed by atoms with E-state index >= 15 is 4.11 Å². The van der Waals surface area contributed by atoms with Crippen LogP contribution >= 0.6 is 0 Å². The number of rotatable bonds is 12. The number of nitrogens with zero attached hydrogens (tertiary/aromatic N) is 2. The van der Waals surface area contributed by atoms with Crippen molar-refractivity contribution in [3.8, 4) is 5.75 Å². The van der Waals surface area contributed by atoms with Crippen molar-refractivity contribution in [3.05, 3.63) is 90.0 Å².